The van der Waals surface area contributed by atoms with Crippen molar-refractivity contribution in [1.82, 2.24) is 15.3 Å². The van der Waals surface area contributed by atoms with E-state index in [9.17, 15) is 14.4 Å². The molecule has 2 aromatic carbocycles. The van der Waals surface area contributed by atoms with Crippen molar-refractivity contribution in [3.63, 3.8) is 0 Å². The Hall–Kier alpha value is -4.67. The number of likely N-dealkylation sites (N-methyl/N-ethyl adjacent to an activating group) is 1. The zero-order chi connectivity index (χ0) is 31.1. The maximum absolute atomic E-state index is 12.9. The maximum Gasteiger partial charge on any atom is 0.246 e. The molecular weight excluding hydrogens is 593 g/mol. The number of benzene rings is 2. The third-order valence-corrected chi connectivity index (χ3v) is 7.15. The second-order valence-corrected chi connectivity index (χ2v) is 10.2. The number of nitrogens with zero attached hydrogens (tertiary/aromatic N) is 3. The fraction of sp³-hybridized carbons (Fsp3) is 0.194. The highest BCUT2D eigenvalue weighted by molar-refractivity contribution is 6.38. The summed E-state index contributed by atoms with van der Waals surface area (Å²) in [5.41, 5.74) is 2.93. The Morgan fingerprint density at radius 3 is 2.56 bits per heavy atom. The van der Waals surface area contributed by atoms with Crippen molar-refractivity contribution in [3.8, 4) is 11.5 Å². The third-order valence-electron chi connectivity index (χ3n) is 6.38. The standard InChI is InChI=1S/C31H29Cl2N5O5/c1-18-26(42-4)14-21-6-5-7-25(31(21)36-18)43-17-22-23(32)10-11-24(30(22)33)38(3)29(41)16-35-28(40)13-9-20-8-12-27(34-15-20)37-19(2)39/h5-15H,16-17H2,1-4H3,(H,35,40)(H,34,37,39). The summed E-state index contributed by atoms with van der Waals surface area (Å²) < 4.78 is 11.5. The van der Waals surface area contributed by atoms with E-state index >= 15 is 0 Å². The van der Waals surface area contributed by atoms with Gasteiger partial charge < -0.3 is 25.0 Å². The number of para-hydroxylation sites is 1. The van der Waals surface area contributed by atoms with Gasteiger partial charge in [-0.3, -0.25) is 14.4 Å². The first kappa shape index (κ1) is 31.3. The number of aromatic nitrogens is 2. The normalized spacial score (nSPS) is 10.9. The van der Waals surface area contributed by atoms with Gasteiger partial charge in [-0.2, -0.15) is 0 Å². The number of hydrogen-bond acceptors (Lipinski definition) is 7. The van der Waals surface area contributed by atoms with E-state index in [1.54, 1.807) is 50.6 Å². The van der Waals surface area contributed by atoms with Gasteiger partial charge in [-0.05, 0) is 55.0 Å². The second-order valence-electron chi connectivity index (χ2n) is 9.41. The van der Waals surface area contributed by atoms with Gasteiger partial charge in [-0.15, -0.1) is 0 Å². The molecule has 0 atom stereocenters. The van der Waals surface area contributed by atoms with E-state index in [-0.39, 0.29) is 24.1 Å². The minimum Gasteiger partial charge on any atom is -0.495 e. The molecular formula is C31H29Cl2N5O5. The average Bonchev–Trinajstić information content (AvgIpc) is 2.98. The van der Waals surface area contributed by atoms with Gasteiger partial charge in [0.05, 0.1) is 30.1 Å². The molecule has 43 heavy (non-hydrogen) atoms. The van der Waals surface area contributed by atoms with Gasteiger partial charge in [0.1, 0.15) is 29.4 Å². The summed E-state index contributed by atoms with van der Waals surface area (Å²) >= 11 is 13.2. The van der Waals surface area contributed by atoms with Crippen LogP contribution in [-0.4, -0.2) is 48.4 Å². The van der Waals surface area contributed by atoms with Crippen LogP contribution in [0.1, 0.15) is 23.7 Å². The molecule has 2 heterocycles. The van der Waals surface area contributed by atoms with Crippen LogP contribution in [0, 0.1) is 6.92 Å². The van der Waals surface area contributed by atoms with Crippen LogP contribution in [0.4, 0.5) is 11.5 Å². The first-order valence-corrected chi connectivity index (χ1v) is 13.8. The lowest BCUT2D eigenvalue weighted by Crippen LogP contribution is -2.37. The van der Waals surface area contributed by atoms with E-state index < -0.39 is 11.8 Å². The van der Waals surface area contributed by atoms with E-state index in [1.807, 2.05) is 25.1 Å². The minimum atomic E-state index is -0.472. The number of nitrogens with one attached hydrogen (secondary N) is 2. The molecule has 4 rings (SSSR count). The predicted octanol–water partition coefficient (Wildman–Crippen LogP) is 5.58. The third kappa shape index (κ3) is 7.79. The highest BCUT2D eigenvalue weighted by Gasteiger charge is 2.19. The maximum atomic E-state index is 12.9. The monoisotopic (exact) mass is 621 g/mol. The zero-order valence-electron chi connectivity index (χ0n) is 23.9. The molecule has 0 unspecified atom stereocenters. The molecule has 2 aromatic heterocycles. The number of pyridine rings is 2. The molecule has 0 bridgehead atoms. The van der Waals surface area contributed by atoms with Crippen molar-refractivity contribution in [2.75, 3.05) is 30.9 Å². The fourth-order valence-corrected chi connectivity index (χ4v) is 4.70. The van der Waals surface area contributed by atoms with Crippen LogP contribution in [0.2, 0.25) is 10.0 Å². The van der Waals surface area contributed by atoms with Crippen LogP contribution >= 0.6 is 23.2 Å². The lowest BCUT2D eigenvalue weighted by atomic mass is 10.1. The van der Waals surface area contributed by atoms with E-state index in [0.717, 1.165) is 11.1 Å². The van der Waals surface area contributed by atoms with Gasteiger partial charge in [0.25, 0.3) is 0 Å². The Balaban J connectivity index is 1.40. The highest BCUT2D eigenvalue weighted by Crippen LogP contribution is 2.36. The lowest BCUT2D eigenvalue weighted by molar-refractivity contribution is -0.122. The zero-order valence-corrected chi connectivity index (χ0v) is 25.4. The smallest absolute Gasteiger partial charge is 0.246 e. The van der Waals surface area contributed by atoms with Gasteiger partial charge in [-0.25, -0.2) is 9.97 Å². The molecule has 10 nitrogen and oxygen atoms in total. The van der Waals surface area contributed by atoms with E-state index in [4.69, 9.17) is 32.7 Å². The van der Waals surface area contributed by atoms with Crippen LogP contribution < -0.4 is 25.0 Å². The van der Waals surface area contributed by atoms with Gasteiger partial charge in [0, 0.05) is 42.2 Å². The first-order chi connectivity index (χ1) is 20.6. The van der Waals surface area contributed by atoms with Crippen molar-refractivity contribution in [3.05, 3.63) is 87.7 Å². The largest absolute Gasteiger partial charge is 0.495 e. The molecule has 0 spiro atoms. The number of hydrogen-bond donors (Lipinski definition) is 2. The van der Waals surface area contributed by atoms with Crippen LogP contribution in [0.3, 0.4) is 0 Å². The van der Waals surface area contributed by atoms with E-state index in [1.165, 1.54) is 24.1 Å². The molecule has 0 aliphatic rings. The number of halogens is 2. The van der Waals surface area contributed by atoms with Crippen LogP contribution in [-0.2, 0) is 21.0 Å². The second kappa shape index (κ2) is 14.0. The number of methoxy groups -OCH3 is 1. The summed E-state index contributed by atoms with van der Waals surface area (Å²) in [5.74, 6) is 0.516. The molecule has 2 N–H and O–H groups in total. The number of aryl methyl sites for hydroxylation is 1. The molecule has 12 heteroatoms. The number of fused-ring (bicyclic) bond motifs is 1. The Kier molecular flexibility index (Phi) is 10.2. The summed E-state index contributed by atoms with van der Waals surface area (Å²) in [6.07, 6.45) is 4.33. The Labute approximate surface area is 258 Å². The molecule has 3 amide bonds. The number of rotatable bonds is 10. The Bertz CT molecular complexity index is 1710. The lowest BCUT2D eigenvalue weighted by Gasteiger charge is -2.21. The van der Waals surface area contributed by atoms with Crippen LogP contribution in [0.25, 0.3) is 17.0 Å². The van der Waals surface area contributed by atoms with Crippen molar-refractivity contribution in [1.29, 1.82) is 0 Å². The molecule has 0 radical (unpaired) electrons. The molecule has 222 valence electrons. The van der Waals surface area contributed by atoms with Crippen molar-refractivity contribution in [2.45, 2.75) is 20.5 Å². The first-order valence-electron chi connectivity index (χ1n) is 13.1. The van der Waals surface area contributed by atoms with Crippen molar-refractivity contribution >= 4 is 69.4 Å². The van der Waals surface area contributed by atoms with Gasteiger partial charge >= 0.3 is 0 Å². The quantitative estimate of drug-likeness (QED) is 0.221. The summed E-state index contributed by atoms with van der Waals surface area (Å²) in [4.78, 5) is 46.4. The Morgan fingerprint density at radius 2 is 1.86 bits per heavy atom. The Morgan fingerprint density at radius 1 is 1.07 bits per heavy atom. The van der Waals surface area contributed by atoms with Crippen LogP contribution in [0.15, 0.2) is 60.8 Å². The van der Waals surface area contributed by atoms with Crippen LogP contribution in [0.5, 0.6) is 11.5 Å². The predicted molar refractivity (Wildman–Crippen MR) is 168 cm³/mol. The SMILES string of the molecule is COc1cc2cccc(OCc3c(Cl)ccc(N(C)C(=O)CNC(=O)C=Cc4ccc(NC(C)=O)nc4)c3Cl)c2nc1C. The summed E-state index contributed by atoms with van der Waals surface area (Å²) in [6.45, 7) is 3.00. The van der Waals surface area contributed by atoms with Crippen molar-refractivity contribution in [2.24, 2.45) is 0 Å². The molecule has 0 aliphatic heterocycles. The number of amides is 3. The number of ether oxygens (including phenoxy) is 2. The summed E-state index contributed by atoms with van der Waals surface area (Å²) in [7, 11) is 3.15. The van der Waals surface area contributed by atoms with Gasteiger partial charge in [0.15, 0.2) is 0 Å². The average molecular weight is 623 g/mol. The molecule has 0 saturated carbocycles. The molecule has 0 saturated heterocycles. The number of carbonyl (C=O) groups excluding carboxylic acids is 3. The summed E-state index contributed by atoms with van der Waals surface area (Å²) in [5, 5.41) is 6.59. The van der Waals surface area contributed by atoms with Gasteiger partial charge in [-0.1, -0.05) is 35.3 Å². The van der Waals surface area contributed by atoms with E-state index in [2.05, 4.69) is 20.6 Å². The number of carbonyl (C=O) groups is 3. The molecule has 4 aromatic rings. The summed E-state index contributed by atoms with van der Waals surface area (Å²) in [6, 6.07) is 14.0. The minimum absolute atomic E-state index is 0.0294. The highest BCUT2D eigenvalue weighted by atomic mass is 35.5. The van der Waals surface area contributed by atoms with Gasteiger partial charge in [0.2, 0.25) is 17.7 Å². The topological polar surface area (TPSA) is 123 Å². The van der Waals surface area contributed by atoms with Crippen molar-refractivity contribution < 1.29 is 23.9 Å². The molecule has 0 aliphatic carbocycles. The fourth-order valence-electron chi connectivity index (χ4n) is 4.10. The number of anilines is 2. The van der Waals surface area contributed by atoms with E-state index in [0.29, 0.717) is 44.7 Å². The molecule has 0 fully saturated rings.